The summed E-state index contributed by atoms with van der Waals surface area (Å²) in [6.07, 6.45) is 1.34. The van der Waals surface area contributed by atoms with E-state index in [1.165, 1.54) is 17.0 Å². The smallest absolute Gasteiger partial charge is 0.328 e. The summed E-state index contributed by atoms with van der Waals surface area (Å²) in [5, 5.41) is 9.23. The molecule has 1 aliphatic carbocycles. The van der Waals surface area contributed by atoms with Gasteiger partial charge in [0.25, 0.3) is 0 Å². The van der Waals surface area contributed by atoms with Crippen LogP contribution >= 0.6 is 0 Å². The number of hydrogen-bond donors (Lipinski definition) is 1. The standard InChI is InChI=1S/C15H16FNO4/c16-11-3-1-10(2-4-11)15(5-6-15)14(20)17-7-8-21-9-12(17)13(18)19/h1-4,12H,5-9H2,(H,18,19). The van der Waals surface area contributed by atoms with E-state index >= 15 is 0 Å². The van der Waals surface area contributed by atoms with Gasteiger partial charge in [-0.05, 0) is 30.5 Å². The zero-order chi connectivity index (χ0) is 15.0. The summed E-state index contributed by atoms with van der Waals surface area (Å²) >= 11 is 0. The van der Waals surface area contributed by atoms with E-state index in [-0.39, 0.29) is 24.9 Å². The fourth-order valence-electron chi connectivity index (χ4n) is 2.85. The fraction of sp³-hybridized carbons (Fsp3) is 0.467. The molecule has 0 aromatic heterocycles. The van der Waals surface area contributed by atoms with Crippen molar-refractivity contribution in [3.63, 3.8) is 0 Å². The minimum absolute atomic E-state index is 0.0145. The highest BCUT2D eigenvalue weighted by molar-refractivity contribution is 5.94. The highest BCUT2D eigenvalue weighted by atomic mass is 19.1. The van der Waals surface area contributed by atoms with Crippen molar-refractivity contribution in [3.8, 4) is 0 Å². The summed E-state index contributed by atoms with van der Waals surface area (Å²) in [4.78, 5) is 25.5. The summed E-state index contributed by atoms with van der Waals surface area (Å²) < 4.78 is 18.2. The maximum Gasteiger partial charge on any atom is 0.328 e. The van der Waals surface area contributed by atoms with Crippen LogP contribution in [-0.2, 0) is 19.7 Å². The third-order valence-electron chi connectivity index (χ3n) is 4.23. The van der Waals surface area contributed by atoms with Gasteiger partial charge in [-0.2, -0.15) is 0 Å². The summed E-state index contributed by atoms with van der Waals surface area (Å²) in [6.45, 7) is 0.633. The SMILES string of the molecule is O=C(O)C1COCCN1C(=O)C1(c2ccc(F)cc2)CC1. The molecule has 5 nitrogen and oxygen atoms in total. The number of nitrogens with zero attached hydrogens (tertiary/aromatic N) is 1. The van der Waals surface area contributed by atoms with E-state index in [0.717, 1.165) is 5.56 Å². The molecule has 2 aliphatic rings. The number of carbonyl (C=O) groups is 2. The van der Waals surface area contributed by atoms with Crippen molar-refractivity contribution in [1.82, 2.24) is 4.90 Å². The largest absolute Gasteiger partial charge is 0.480 e. The van der Waals surface area contributed by atoms with Crippen molar-refractivity contribution >= 4 is 11.9 Å². The average molecular weight is 293 g/mol. The number of carboxylic acids is 1. The molecule has 1 aromatic rings. The summed E-state index contributed by atoms with van der Waals surface area (Å²) in [6, 6.07) is 4.93. The number of morpholine rings is 1. The molecule has 1 atom stereocenters. The number of halogens is 1. The first kappa shape index (κ1) is 14.0. The monoisotopic (exact) mass is 293 g/mol. The first-order valence-corrected chi connectivity index (χ1v) is 6.92. The maximum atomic E-state index is 13.0. The summed E-state index contributed by atoms with van der Waals surface area (Å²) in [5.41, 5.74) is 0.0724. The number of benzene rings is 1. The van der Waals surface area contributed by atoms with Gasteiger partial charge in [0.2, 0.25) is 5.91 Å². The van der Waals surface area contributed by atoms with Gasteiger partial charge in [-0.3, -0.25) is 4.79 Å². The van der Waals surface area contributed by atoms with Crippen LogP contribution in [0.1, 0.15) is 18.4 Å². The average Bonchev–Trinajstić information content (AvgIpc) is 3.29. The Kier molecular flexibility index (Phi) is 3.41. The van der Waals surface area contributed by atoms with Gasteiger partial charge in [-0.15, -0.1) is 0 Å². The van der Waals surface area contributed by atoms with Crippen molar-refractivity contribution in [2.45, 2.75) is 24.3 Å². The van der Waals surface area contributed by atoms with Crippen LogP contribution < -0.4 is 0 Å². The van der Waals surface area contributed by atoms with E-state index in [1.807, 2.05) is 0 Å². The van der Waals surface area contributed by atoms with Crippen LogP contribution in [0.15, 0.2) is 24.3 Å². The van der Waals surface area contributed by atoms with Gasteiger partial charge < -0.3 is 14.7 Å². The van der Waals surface area contributed by atoms with Gasteiger partial charge in [0.1, 0.15) is 5.82 Å². The Morgan fingerprint density at radius 3 is 2.52 bits per heavy atom. The van der Waals surface area contributed by atoms with Crippen molar-refractivity contribution in [2.24, 2.45) is 0 Å². The fourth-order valence-corrected chi connectivity index (χ4v) is 2.85. The molecular weight excluding hydrogens is 277 g/mol. The van der Waals surface area contributed by atoms with Gasteiger partial charge in [-0.25, -0.2) is 9.18 Å². The number of carboxylic acid groups (broad SMARTS) is 1. The van der Waals surface area contributed by atoms with Crippen LogP contribution in [0.4, 0.5) is 4.39 Å². The van der Waals surface area contributed by atoms with Gasteiger partial charge in [0.15, 0.2) is 6.04 Å². The van der Waals surface area contributed by atoms with Crippen molar-refractivity contribution in [3.05, 3.63) is 35.6 Å². The molecule has 0 radical (unpaired) electrons. The second-order valence-corrected chi connectivity index (χ2v) is 5.52. The van der Waals surface area contributed by atoms with Crippen molar-refractivity contribution in [2.75, 3.05) is 19.8 Å². The van der Waals surface area contributed by atoms with Crippen molar-refractivity contribution in [1.29, 1.82) is 0 Å². The van der Waals surface area contributed by atoms with Crippen LogP contribution in [0, 0.1) is 5.82 Å². The van der Waals surface area contributed by atoms with E-state index in [0.29, 0.717) is 19.4 Å². The molecular formula is C15H16FNO4. The van der Waals surface area contributed by atoms with E-state index in [1.54, 1.807) is 12.1 Å². The Morgan fingerprint density at radius 1 is 1.29 bits per heavy atom. The minimum Gasteiger partial charge on any atom is -0.480 e. The lowest BCUT2D eigenvalue weighted by atomic mass is 9.93. The molecule has 2 fully saturated rings. The van der Waals surface area contributed by atoms with Gasteiger partial charge in [-0.1, -0.05) is 12.1 Å². The van der Waals surface area contributed by atoms with Crippen LogP contribution in [-0.4, -0.2) is 47.7 Å². The maximum absolute atomic E-state index is 13.0. The van der Waals surface area contributed by atoms with Gasteiger partial charge in [0, 0.05) is 6.54 Å². The topological polar surface area (TPSA) is 66.8 Å². The molecule has 21 heavy (non-hydrogen) atoms. The third kappa shape index (κ3) is 2.40. The van der Waals surface area contributed by atoms with Crippen molar-refractivity contribution < 1.29 is 23.8 Å². The van der Waals surface area contributed by atoms with E-state index < -0.39 is 17.4 Å². The lowest BCUT2D eigenvalue weighted by Gasteiger charge is -2.35. The normalized spacial score (nSPS) is 23.7. The Bertz CT molecular complexity index is 568. The summed E-state index contributed by atoms with van der Waals surface area (Å²) in [7, 11) is 0. The Balaban J connectivity index is 1.86. The number of amides is 1. The molecule has 1 saturated heterocycles. The molecule has 1 aromatic carbocycles. The molecule has 1 aliphatic heterocycles. The zero-order valence-corrected chi connectivity index (χ0v) is 11.4. The van der Waals surface area contributed by atoms with Gasteiger partial charge >= 0.3 is 5.97 Å². The van der Waals surface area contributed by atoms with Crippen LogP contribution in [0.2, 0.25) is 0 Å². The van der Waals surface area contributed by atoms with Crippen LogP contribution in [0.5, 0.6) is 0 Å². The van der Waals surface area contributed by atoms with E-state index in [2.05, 4.69) is 0 Å². The second kappa shape index (κ2) is 5.11. The van der Waals surface area contributed by atoms with E-state index in [9.17, 15) is 19.1 Å². The third-order valence-corrected chi connectivity index (χ3v) is 4.23. The Labute approximate surface area is 121 Å². The summed E-state index contributed by atoms with van der Waals surface area (Å²) in [5.74, 6) is -1.60. The lowest BCUT2D eigenvalue weighted by molar-refractivity contribution is -0.159. The molecule has 1 N–H and O–H groups in total. The number of rotatable bonds is 3. The highest BCUT2D eigenvalue weighted by Crippen LogP contribution is 2.50. The van der Waals surface area contributed by atoms with Crippen LogP contribution in [0.3, 0.4) is 0 Å². The molecule has 112 valence electrons. The molecule has 3 rings (SSSR count). The Morgan fingerprint density at radius 2 is 1.95 bits per heavy atom. The Hall–Kier alpha value is -1.95. The first-order chi connectivity index (χ1) is 10.0. The second-order valence-electron chi connectivity index (χ2n) is 5.52. The molecule has 1 amide bonds. The highest BCUT2D eigenvalue weighted by Gasteiger charge is 2.54. The number of aliphatic carboxylic acids is 1. The number of carbonyl (C=O) groups excluding carboxylic acids is 1. The lowest BCUT2D eigenvalue weighted by Crippen LogP contribution is -2.55. The van der Waals surface area contributed by atoms with Gasteiger partial charge in [0.05, 0.1) is 18.6 Å². The first-order valence-electron chi connectivity index (χ1n) is 6.92. The zero-order valence-electron chi connectivity index (χ0n) is 11.4. The minimum atomic E-state index is -1.06. The quantitative estimate of drug-likeness (QED) is 0.908. The molecule has 1 saturated carbocycles. The molecule has 1 unspecified atom stereocenters. The predicted molar refractivity (Wildman–Crippen MR) is 71.3 cm³/mol. The predicted octanol–water partition coefficient (Wildman–Crippen LogP) is 1.17. The van der Waals surface area contributed by atoms with E-state index in [4.69, 9.17) is 4.74 Å². The molecule has 1 heterocycles. The number of ether oxygens (including phenoxy) is 1. The van der Waals surface area contributed by atoms with Crippen LogP contribution in [0.25, 0.3) is 0 Å². The molecule has 6 heteroatoms. The number of hydrogen-bond acceptors (Lipinski definition) is 3. The molecule has 0 spiro atoms. The molecule has 0 bridgehead atoms.